The van der Waals surface area contributed by atoms with Gasteiger partial charge in [0.15, 0.2) is 12.1 Å². The van der Waals surface area contributed by atoms with Crippen LogP contribution in [0.3, 0.4) is 0 Å². The molecule has 1 N–H and O–H groups in total. The third kappa shape index (κ3) is 2.82. The number of aryl methyl sites for hydroxylation is 1. The molecule has 118 valence electrons. The zero-order chi connectivity index (χ0) is 16.5. The summed E-state index contributed by atoms with van der Waals surface area (Å²) in [5, 5.41) is 0. The second-order valence-corrected chi connectivity index (χ2v) is 6.36. The summed E-state index contributed by atoms with van der Waals surface area (Å²) in [6.45, 7) is 4.92. The Balaban J connectivity index is 2.38. The second-order valence-electron chi connectivity index (χ2n) is 4.71. The molecule has 0 bridgehead atoms. The maximum atomic E-state index is 12.4. The number of hydrogen-bond donors (Lipinski definition) is 1. The first-order valence-corrected chi connectivity index (χ1v) is 7.87. The van der Waals surface area contributed by atoms with Gasteiger partial charge in [-0.05, 0) is 44.0 Å². The van der Waals surface area contributed by atoms with E-state index in [0.717, 1.165) is 6.39 Å². The number of benzene rings is 1. The Morgan fingerprint density at radius 3 is 2.45 bits per heavy atom. The van der Waals surface area contributed by atoms with E-state index in [2.05, 4.69) is 4.98 Å². The lowest BCUT2D eigenvalue weighted by atomic mass is 10.1. The van der Waals surface area contributed by atoms with Crippen LogP contribution in [0.5, 0.6) is 5.75 Å². The normalized spacial score (nSPS) is 11.3. The maximum Gasteiger partial charge on any atom is 0.287 e. The molecule has 0 atom stereocenters. The minimum Gasteiger partial charge on any atom is -0.496 e. The molecule has 0 radical (unpaired) electrons. The van der Waals surface area contributed by atoms with Gasteiger partial charge in [0.2, 0.25) is 0 Å². The molecule has 0 saturated heterocycles. The summed E-state index contributed by atoms with van der Waals surface area (Å²) in [4.78, 5) is 15.7. The Bertz CT molecular complexity index is 824. The van der Waals surface area contributed by atoms with Crippen molar-refractivity contribution < 1.29 is 22.4 Å². The molecule has 1 amide bonds. The zero-order valence-electron chi connectivity index (χ0n) is 12.6. The number of amides is 1. The molecule has 1 aromatic carbocycles. The third-order valence-corrected chi connectivity index (χ3v) is 4.86. The van der Waals surface area contributed by atoms with Gasteiger partial charge in [0.1, 0.15) is 11.5 Å². The lowest BCUT2D eigenvalue weighted by Gasteiger charge is -2.13. The second kappa shape index (κ2) is 5.80. The monoisotopic (exact) mass is 324 g/mol. The van der Waals surface area contributed by atoms with Crippen molar-refractivity contribution in [3.8, 4) is 5.75 Å². The molecular formula is C14H16N2O5S. The molecule has 2 aromatic rings. The van der Waals surface area contributed by atoms with E-state index in [9.17, 15) is 13.2 Å². The first-order valence-electron chi connectivity index (χ1n) is 6.39. The van der Waals surface area contributed by atoms with Crippen LogP contribution in [0, 0.1) is 20.8 Å². The van der Waals surface area contributed by atoms with E-state index in [-0.39, 0.29) is 16.3 Å². The fourth-order valence-electron chi connectivity index (χ4n) is 2.03. The van der Waals surface area contributed by atoms with Crippen molar-refractivity contribution in [2.24, 2.45) is 0 Å². The molecular weight excluding hydrogens is 308 g/mol. The number of carbonyl (C=O) groups is 1. The summed E-state index contributed by atoms with van der Waals surface area (Å²) in [6.07, 6.45) is 1.08. The average molecular weight is 324 g/mol. The number of carbonyl (C=O) groups excluding carboxylic acids is 1. The molecule has 2 rings (SSSR count). The van der Waals surface area contributed by atoms with E-state index in [1.54, 1.807) is 19.9 Å². The zero-order valence-corrected chi connectivity index (χ0v) is 13.4. The highest BCUT2D eigenvalue weighted by Gasteiger charge is 2.24. The standard InChI is InChI=1S/C14H16N2O5S/c1-8-9(2)12(6-5-11(8)20-4)22(18,19)16-14(17)13-10(3)21-7-15-13/h5-7H,1-4H3,(H,16,17). The van der Waals surface area contributed by atoms with Gasteiger partial charge in [-0.25, -0.2) is 18.1 Å². The van der Waals surface area contributed by atoms with Crippen LogP contribution in [0.4, 0.5) is 0 Å². The number of oxazole rings is 1. The number of nitrogens with zero attached hydrogens (tertiary/aromatic N) is 1. The Kier molecular flexibility index (Phi) is 4.23. The summed E-state index contributed by atoms with van der Waals surface area (Å²) < 4.78 is 36.8. The van der Waals surface area contributed by atoms with Crippen LogP contribution >= 0.6 is 0 Å². The highest BCUT2D eigenvalue weighted by Crippen LogP contribution is 2.26. The number of hydrogen-bond acceptors (Lipinski definition) is 6. The van der Waals surface area contributed by atoms with E-state index in [4.69, 9.17) is 9.15 Å². The van der Waals surface area contributed by atoms with Gasteiger partial charge in [-0.1, -0.05) is 0 Å². The fourth-order valence-corrected chi connectivity index (χ4v) is 3.29. The number of sulfonamides is 1. The van der Waals surface area contributed by atoms with Gasteiger partial charge in [-0.15, -0.1) is 0 Å². The van der Waals surface area contributed by atoms with Gasteiger partial charge in [-0.2, -0.15) is 0 Å². The van der Waals surface area contributed by atoms with Crippen LogP contribution in [0.15, 0.2) is 27.8 Å². The van der Waals surface area contributed by atoms with Crippen LogP contribution in [0.25, 0.3) is 0 Å². The van der Waals surface area contributed by atoms with Gasteiger partial charge < -0.3 is 9.15 Å². The van der Waals surface area contributed by atoms with Gasteiger partial charge in [0.25, 0.3) is 15.9 Å². The lowest BCUT2D eigenvalue weighted by Crippen LogP contribution is -2.31. The Labute approximate surface area is 128 Å². The van der Waals surface area contributed by atoms with E-state index in [0.29, 0.717) is 16.9 Å². The summed E-state index contributed by atoms with van der Waals surface area (Å²) >= 11 is 0. The number of aromatic nitrogens is 1. The van der Waals surface area contributed by atoms with Crippen LogP contribution in [-0.2, 0) is 10.0 Å². The highest BCUT2D eigenvalue weighted by molar-refractivity contribution is 7.90. The molecule has 0 aliphatic rings. The van der Waals surface area contributed by atoms with Gasteiger partial charge >= 0.3 is 0 Å². The van der Waals surface area contributed by atoms with E-state index in [1.807, 2.05) is 4.72 Å². The Morgan fingerprint density at radius 2 is 1.91 bits per heavy atom. The van der Waals surface area contributed by atoms with Crippen molar-refractivity contribution in [1.29, 1.82) is 0 Å². The summed E-state index contributed by atoms with van der Waals surface area (Å²) in [7, 11) is -2.51. The average Bonchev–Trinajstić information content (AvgIpc) is 2.87. The van der Waals surface area contributed by atoms with Gasteiger partial charge in [-0.3, -0.25) is 4.79 Å². The predicted molar refractivity (Wildman–Crippen MR) is 78.4 cm³/mol. The molecule has 0 spiro atoms. The van der Waals surface area contributed by atoms with Crippen LogP contribution < -0.4 is 9.46 Å². The highest BCUT2D eigenvalue weighted by atomic mass is 32.2. The van der Waals surface area contributed by atoms with E-state index in [1.165, 1.54) is 20.1 Å². The molecule has 0 unspecified atom stereocenters. The maximum absolute atomic E-state index is 12.4. The molecule has 0 aliphatic heterocycles. The van der Waals surface area contributed by atoms with Gasteiger partial charge in [0.05, 0.1) is 12.0 Å². The molecule has 1 aromatic heterocycles. The third-order valence-electron chi connectivity index (χ3n) is 3.38. The smallest absolute Gasteiger partial charge is 0.287 e. The molecule has 8 heteroatoms. The molecule has 0 saturated carbocycles. The fraction of sp³-hybridized carbons (Fsp3) is 0.286. The van der Waals surface area contributed by atoms with E-state index >= 15 is 0 Å². The topological polar surface area (TPSA) is 98.5 Å². The molecule has 1 heterocycles. The Hall–Kier alpha value is -2.35. The number of nitrogens with one attached hydrogen (secondary N) is 1. The minimum absolute atomic E-state index is 0.0142. The van der Waals surface area contributed by atoms with Crippen molar-refractivity contribution in [2.45, 2.75) is 25.7 Å². The largest absolute Gasteiger partial charge is 0.496 e. The van der Waals surface area contributed by atoms with Crippen LogP contribution in [0.2, 0.25) is 0 Å². The first kappa shape index (κ1) is 16.0. The first-order chi connectivity index (χ1) is 10.3. The molecule has 0 fully saturated rings. The minimum atomic E-state index is -4.02. The lowest BCUT2D eigenvalue weighted by molar-refractivity contribution is 0.0975. The number of ether oxygens (including phenoxy) is 1. The predicted octanol–water partition coefficient (Wildman–Crippen LogP) is 1.73. The SMILES string of the molecule is COc1ccc(S(=O)(=O)NC(=O)c2ncoc2C)c(C)c1C. The Morgan fingerprint density at radius 1 is 1.23 bits per heavy atom. The summed E-state index contributed by atoms with van der Waals surface area (Å²) in [5.41, 5.74) is 1.14. The summed E-state index contributed by atoms with van der Waals surface area (Å²) in [6, 6.07) is 2.94. The van der Waals surface area contributed by atoms with E-state index < -0.39 is 15.9 Å². The van der Waals surface area contributed by atoms with Crippen molar-refractivity contribution in [1.82, 2.24) is 9.71 Å². The number of rotatable bonds is 4. The molecule has 22 heavy (non-hydrogen) atoms. The quantitative estimate of drug-likeness (QED) is 0.919. The van der Waals surface area contributed by atoms with Crippen LogP contribution in [-0.4, -0.2) is 26.4 Å². The summed E-state index contributed by atoms with van der Waals surface area (Å²) in [5.74, 6) is -0.00965. The van der Waals surface area contributed by atoms with Crippen LogP contribution in [0.1, 0.15) is 27.4 Å². The van der Waals surface area contributed by atoms with Crippen molar-refractivity contribution in [3.05, 3.63) is 41.1 Å². The van der Waals surface area contributed by atoms with Crippen molar-refractivity contribution >= 4 is 15.9 Å². The number of methoxy groups -OCH3 is 1. The molecule has 0 aliphatic carbocycles. The van der Waals surface area contributed by atoms with Gasteiger partial charge in [0, 0.05) is 0 Å². The molecule has 7 nitrogen and oxygen atoms in total. The van der Waals surface area contributed by atoms with Crippen molar-refractivity contribution in [3.63, 3.8) is 0 Å². The van der Waals surface area contributed by atoms with Crippen molar-refractivity contribution in [2.75, 3.05) is 7.11 Å².